The maximum Gasteiger partial charge on any atom is 0.116 e. The van der Waals surface area contributed by atoms with E-state index in [0.29, 0.717) is 6.04 Å². The second kappa shape index (κ2) is 6.68. The topological polar surface area (TPSA) is 37.8 Å². The van der Waals surface area contributed by atoms with Gasteiger partial charge in [-0.15, -0.1) is 0 Å². The van der Waals surface area contributed by atoms with Gasteiger partial charge in [0.05, 0.1) is 0 Å². The Kier molecular flexibility index (Phi) is 4.93. The van der Waals surface area contributed by atoms with Crippen molar-refractivity contribution < 1.29 is 0 Å². The fourth-order valence-electron chi connectivity index (χ4n) is 1.71. The minimum atomic E-state index is 0.510. The van der Waals surface area contributed by atoms with E-state index in [2.05, 4.69) is 54.3 Å². The molecule has 0 radical (unpaired) electrons. The molecule has 1 aromatic heterocycles. The van der Waals surface area contributed by atoms with E-state index in [1.165, 1.54) is 16.0 Å². The van der Waals surface area contributed by atoms with E-state index in [0.717, 1.165) is 11.6 Å². The van der Waals surface area contributed by atoms with Crippen molar-refractivity contribution in [1.82, 2.24) is 15.3 Å². The van der Waals surface area contributed by atoms with Crippen LogP contribution >= 0.6 is 11.8 Å². The highest BCUT2D eigenvalue weighted by Gasteiger charge is 2.04. The predicted molar refractivity (Wildman–Crippen MR) is 79.3 cm³/mol. The summed E-state index contributed by atoms with van der Waals surface area (Å²) in [6, 6.07) is 9.01. The quantitative estimate of drug-likeness (QED) is 0.847. The normalized spacial score (nSPS) is 10.9. The molecule has 0 fully saturated rings. The maximum absolute atomic E-state index is 4.24. The SMILES string of the molecule is Cc1cc(CNC(C)C)ccc1Sc1ccncn1. The number of rotatable bonds is 5. The van der Waals surface area contributed by atoms with Gasteiger partial charge in [-0.2, -0.15) is 0 Å². The molecule has 100 valence electrons. The van der Waals surface area contributed by atoms with Gasteiger partial charge in [0.25, 0.3) is 0 Å². The molecule has 0 bridgehead atoms. The van der Waals surface area contributed by atoms with Crippen LogP contribution in [-0.2, 0) is 6.54 Å². The number of hydrogen-bond acceptors (Lipinski definition) is 4. The second-order valence-electron chi connectivity index (χ2n) is 4.79. The van der Waals surface area contributed by atoms with Crippen LogP contribution in [0, 0.1) is 6.92 Å². The lowest BCUT2D eigenvalue weighted by Crippen LogP contribution is -2.21. The summed E-state index contributed by atoms with van der Waals surface area (Å²) in [6.45, 7) is 7.37. The smallest absolute Gasteiger partial charge is 0.116 e. The van der Waals surface area contributed by atoms with Gasteiger partial charge in [0.15, 0.2) is 0 Å². The van der Waals surface area contributed by atoms with Crippen molar-refractivity contribution in [2.75, 3.05) is 0 Å². The number of aromatic nitrogens is 2. The van der Waals surface area contributed by atoms with Crippen molar-refractivity contribution >= 4 is 11.8 Å². The van der Waals surface area contributed by atoms with Crippen molar-refractivity contribution in [3.05, 3.63) is 47.9 Å². The molecule has 2 rings (SSSR count). The van der Waals surface area contributed by atoms with Crippen molar-refractivity contribution in [2.45, 2.75) is 43.3 Å². The molecule has 0 spiro atoms. The standard InChI is InChI=1S/C15H19N3S/c1-11(2)17-9-13-4-5-14(12(3)8-13)19-15-6-7-16-10-18-15/h4-8,10-11,17H,9H2,1-3H3. The molecule has 0 saturated carbocycles. The van der Waals surface area contributed by atoms with Gasteiger partial charge in [-0.05, 0) is 30.2 Å². The minimum absolute atomic E-state index is 0.510. The lowest BCUT2D eigenvalue weighted by Gasteiger charge is -2.10. The van der Waals surface area contributed by atoms with E-state index >= 15 is 0 Å². The number of nitrogens with zero attached hydrogens (tertiary/aromatic N) is 2. The Hall–Kier alpha value is -1.39. The van der Waals surface area contributed by atoms with Crippen molar-refractivity contribution in [2.24, 2.45) is 0 Å². The highest BCUT2D eigenvalue weighted by Crippen LogP contribution is 2.28. The van der Waals surface area contributed by atoms with E-state index < -0.39 is 0 Å². The lowest BCUT2D eigenvalue weighted by molar-refractivity contribution is 0.588. The van der Waals surface area contributed by atoms with Gasteiger partial charge < -0.3 is 5.32 Å². The van der Waals surface area contributed by atoms with Gasteiger partial charge in [0.2, 0.25) is 0 Å². The molecule has 2 aromatic rings. The summed E-state index contributed by atoms with van der Waals surface area (Å²) in [5.74, 6) is 0. The molecule has 4 heteroatoms. The van der Waals surface area contributed by atoms with Crippen LogP contribution in [0.4, 0.5) is 0 Å². The third-order valence-corrected chi connectivity index (χ3v) is 3.85. The van der Waals surface area contributed by atoms with Crippen LogP contribution in [0.1, 0.15) is 25.0 Å². The molecule has 0 amide bonds. The molecule has 0 aliphatic carbocycles. The van der Waals surface area contributed by atoms with E-state index in [-0.39, 0.29) is 0 Å². The summed E-state index contributed by atoms with van der Waals surface area (Å²) in [4.78, 5) is 9.41. The Bertz CT molecular complexity index is 526. The zero-order valence-electron chi connectivity index (χ0n) is 11.6. The number of benzene rings is 1. The molecule has 0 atom stereocenters. The van der Waals surface area contributed by atoms with E-state index in [1.807, 2.05) is 6.07 Å². The predicted octanol–water partition coefficient (Wildman–Crippen LogP) is 3.43. The zero-order valence-corrected chi connectivity index (χ0v) is 12.4. The molecule has 1 aromatic carbocycles. The zero-order chi connectivity index (χ0) is 13.7. The van der Waals surface area contributed by atoms with Crippen LogP contribution in [0.25, 0.3) is 0 Å². The Balaban J connectivity index is 2.07. The molecule has 1 heterocycles. The van der Waals surface area contributed by atoms with Gasteiger partial charge in [-0.1, -0.05) is 37.7 Å². The highest BCUT2D eigenvalue weighted by atomic mass is 32.2. The molecule has 0 unspecified atom stereocenters. The van der Waals surface area contributed by atoms with Gasteiger partial charge in [-0.3, -0.25) is 0 Å². The lowest BCUT2D eigenvalue weighted by atomic mass is 10.1. The third kappa shape index (κ3) is 4.33. The summed E-state index contributed by atoms with van der Waals surface area (Å²) in [5.41, 5.74) is 2.60. The number of nitrogens with one attached hydrogen (secondary N) is 1. The van der Waals surface area contributed by atoms with Crippen LogP contribution in [0.15, 0.2) is 46.7 Å². The maximum atomic E-state index is 4.24. The Morgan fingerprint density at radius 1 is 1.26 bits per heavy atom. The van der Waals surface area contributed by atoms with Gasteiger partial charge in [0.1, 0.15) is 11.4 Å². The van der Waals surface area contributed by atoms with Gasteiger partial charge in [0, 0.05) is 23.7 Å². The van der Waals surface area contributed by atoms with Crippen molar-refractivity contribution in [1.29, 1.82) is 0 Å². The largest absolute Gasteiger partial charge is 0.310 e. The summed E-state index contributed by atoms with van der Waals surface area (Å²) < 4.78 is 0. The molecule has 0 aliphatic heterocycles. The average Bonchev–Trinajstić information content (AvgIpc) is 2.40. The minimum Gasteiger partial charge on any atom is -0.310 e. The fraction of sp³-hybridized carbons (Fsp3) is 0.333. The average molecular weight is 273 g/mol. The third-order valence-electron chi connectivity index (χ3n) is 2.72. The first-order chi connectivity index (χ1) is 9.15. The summed E-state index contributed by atoms with van der Waals surface area (Å²) in [6.07, 6.45) is 3.35. The summed E-state index contributed by atoms with van der Waals surface area (Å²) >= 11 is 1.68. The molecule has 19 heavy (non-hydrogen) atoms. The van der Waals surface area contributed by atoms with Crippen LogP contribution < -0.4 is 5.32 Å². The Labute approximate surface area is 118 Å². The van der Waals surface area contributed by atoms with Crippen LogP contribution in [-0.4, -0.2) is 16.0 Å². The summed E-state index contributed by atoms with van der Waals surface area (Å²) in [7, 11) is 0. The number of aryl methyl sites for hydroxylation is 1. The van der Waals surface area contributed by atoms with Gasteiger partial charge >= 0.3 is 0 Å². The first kappa shape index (κ1) is 14.0. The second-order valence-corrected chi connectivity index (χ2v) is 5.85. The highest BCUT2D eigenvalue weighted by molar-refractivity contribution is 7.99. The van der Waals surface area contributed by atoms with Crippen molar-refractivity contribution in [3.8, 4) is 0 Å². The summed E-state index contributed by atoms with van der Waals surface area (Å²) in [5, 5.41) is 4.41. The van der Waals surface area contributed by atoms with Gasteiger partial charge in [-0.25, -0.2) is 9.97 Å². The van der Waals surface area contributed by atoms with E-state index in [4.69, 9.17) is 0 Å². The Morgan fingerprint density at radius 3 is 2.74 bits per heavy atom. The van der Waals surface area contributed by atoms with Crippen LogP contribution in [0.3, 0.4) is 0 Å². The van der Waals surface area contributed by atoms with E-state index in [1.54, 1.807) is 24.3 Å². The molecule has 0 aliphatic rings. The van der Waals surface area contributed by atoms with Crippen molar-refractivity contribution in [3.63, 3.8) is 0 Å². The molecular weight excluding hydrogens is 254 g/mol. The van der Waals surface area contributed by atoms with Crippen LogP contribution in [0.5, 0.6) is 0 Å². The first-order valence-electron chi connectivity index (χ1n) is 6.42. The molecule has 3 nitrogen and oxygen atoms in total. The fourth-order valence-corrected chi connectivity index (χ4v) is 2.52. The molecule has 1 N–H and O–H groups in total. The monoisotopic (exact) mass is 273 g/mol. The first-order valence-corrected chi connectivity index (χ1v) is 7.23. The Morgan fingerprint density at radius 2 is 2.11 bits per heavy atom. The molecule has 0 saturated heterocycles. The molecular formula is C15H19N3S. The van der Waals surface area contributed by atoms with E-state index in [9.17, 15) is 0 Å². The van der Waals surface area contributed by atoms with Crippen LogP contribution in [0.2, 0.25) is 0 Å². The number of hydrogen-bond donors (Lipinski definition) is 1.